The van der Waals surface area contributed by atoms with E-state index in [1.807, 2.05) is 56.0 Å². The van der Waals surface area contributed by atoms with E-state index in [1.165, 1.54) is 0 Å². The van der Waals surface area contributed by atoms with Crippen molar-refractivity contribution < 1.29 is 66.7 Å². The Bertz CT molecular complexity index is 2910. The third kappa shape index (κ3) is 15.5. The Hall–Kier alpha value is -9.06. The Balaban J connectivity index is 1.08. The SMILES string of the molecule is COc1cc(C=O)ccc1OCCCCCCN1C(=O)N(CCCCCCOc2ccc(C=O)cc2OC)C2(c3ccccc3)N(CCCCCCOc3ccc(C=O)cc3OC)C(=O)N(CCCCCCOc3ccc(C=O)cc3OC)C12c1ccccc1. The Kier molecular flexibility index (Phi) is 25.3. The van der Waals surface area contributed by atoms with E-state index in [0.717, 1.165) is 113 Å². The molecule has 8 rings (SSSR count). The third-order valence-electron chi connectivity index (χ3n) is 16.8. The molecule has 0 atom stereocenters. The van der Waals surface area contributed by atoms with Gasteiger partial charge in [-0.1, -0.05) is 112 Å². The summed E-state index contributed by atoms with van der Waals surface area (Å²) < 4.78 is 46.6. The minimum Gasteiger partial charge on any atom is -0.493 e. The molecule has 0 saturated carbocycles. The van der Waals surface area contributed by atoms with Gasteiger partial charge in [-0.05, 0) is 124 Å². The fraction of sp³-hybridized carbons (Fsp3) is 0.417. The second-order valence-electron chi connectivity index (χ2n) is 22.4. The van der Waals surface area contributed by atoms with Crippen LogP contribution in [0.1, 0.15) is 155 Å². The highest BCUT2D eigenvalue weighted by Crippen LogP contribution is 2.62. The van der Waals surface area contributed by atoms with Crippen molar-refractivity contribution in [3.05, 3.63) is 167 Å². The molecule has 90 heavy (non-hydrogen) atoms. The first-order valence-corrected chi connectivity index (χ1v) is 31.5. The molecular weight excluding hydrogens is 1140 g/mol. The summed E-state index contributed by atoms with van der Waals surface area (Å²) in [5.41, 5.74) is 1.01. The van der Waals surface area contributed by atoms with Gasteiger partial charge in [-0.2, -0.15) is 0 Å². The average molecular weight is 1230 g/mol. The Morgan fingerprint density at radius 1 is 0.300 bits per heavy atom. The van der Waals surface area contributed by atoms with Crippen LogP contribution in [-0.4, -0.2) is 138 Å². The Labute approximate surface area is 529 Å². The van der Waals surface area contributed by atoms with Gasteiger partial charge in [0.2, 0.25) is 0 Å². The van der Waals surface area contributed by atoms with E-state index < -0.39 is 11.3 Å². The maximum atomic E-state index is 16.3. The molecule has 0 radical (unpaired) electrons. The molecular formula is C72H86N4O14. The number of amides is 4. The van der Waals surface area contributed by atoms with Gasteiger partial charge in [0.05, 0.1) is 54.9 Å². The summed E-state index contributed by atoms with van der Waals surface area (Å²) in [6.07, 6.45) is 15.0. The molecule has 2 aliphatic heterocycles. The largest absolute Gasteiger partial charge is 0.493 e. The van der Waals surface area contributed by atoms with Crippen molar-refractivity contribution in [3.63, 3.8) is 0 Å². The number of benzene rings is 6. The van der Waals surface area contributed by atoms with Gasteiger partial charge in [0.1, 0.15) is 25.1 Å². The van der Waals surface area contributed by atoms with E-state index in [1.54, 1.807) is 101 Å². The van der Waals surface area contributed by atoms with Crippen LogP contribution < -0.4 is 37.9 Å². The second-order valence-corrected chi connectivity index (χ2v) is 22.4. The lowest BCUT2D eigenvalue weighted by Gasteiger charge is -2.50. The molecule has 478 valence electrons. The smallest absolute Gasteiger partial charge is 0.324 e. The zero-order valence-electron chi connectivity index (χ0n) is 52.5. The Morgan fingerprint density at radius 3 is 0.756 bits per heavy atom. The molecule has 18 nitrogen and oxygen atoms in total. The van der Waals surface area contributed by atoms with Gasteiger partial charge in [0.25, 0.3) is 0 Å². The molecule has 0 spiro atoms. The number of hydrogen-bond donors (Lipinski definition) is 0. The fourth-order valence-corrected chi connectivity index (χ4v) is 12.4. The number of carbonyl (C=O) groups excluding carboxylic acids is 6. The quantitative estimate of drug-likeness (QED) is 0.0260. The van der Waals surface area contributed by atoms with Gasteiger partial charge in [-0.3, -0.25) is 38.8 Å². The van der Waals surface area contributed by atoms with E-state index in [-0.39, 0.29) is 12.1 Å². The van der Waals surface area contributed by atoms with Gasteiger partial charge in [0, 0.05) is 59.6 Å². The maximum Gasteiger partial charge on any atom is 0.324 e. The van der Waals surface area contributed by atoms with Crippen molar-refractivity contribution in [3.8, 4) is 46.0 Å². The summed E-state index contributed by atoms with van der Waals surface area (Å²) in [6, 6.07) is 40.4. The molecule has 0 unspecified atom stereocenters. The predicted molar refractivity (Wildman–Crippen MR) is 343 cm³/mol. The average Bonchev–Trinajstić information content (AvgIpc) is 1.48. The van der Waals surface area contributed by atoms with Crippen molar-refractivity contribution in [2.45, 2.75) is 114 Å². The number of fused-ring (bicyclic) bond motifs is 1. The van der Waals surface area contributed by atoms with E-state index in [2.05, 4.69) is 24.3 Å². The van der Waals surface area contributed by atoms with Gasteiger partial charge >= 0.3 is 12.1 Å². The number of urea groups is 2. The minimum atomic E-state index is -1.33. The summed E-state index contributed by atoms with van der Waals surface area (Å²) >= 11 is 0. The standard InChI is InChI=1S/C72H86N4O14/c1-83-65-47-55(51-77)31-35-61(65)87-43-23-9-5-19-39-73-69(81)74(40-20-6-10-24-44-88-62-36-32-56(52-78)48-66(62)84-2)72(60-29-17-14-18-30-60)71(73,59-27-15-13-16-28-59)75(41-21-7-11-25-45-89-63-37-33-57(53-79)49-67(63)85-3)70(82)76(72)42-22-8-12-26-46-90-64-38-34-58(54-80)50-68(64)86-4/h13-18,27-38,47-54H,5-12,19-26,39-46H2,1-4H3. The predicted octanol–water partition coefficient (Wildman–Crippen LogP) is 14.0. The monoisotopic (exact) mass is 1230 g/mol. The zero-order valence-corrected chi connectivity index (χ0v) is 52.5. The number of nitrogens with zero attached hydrogens (tertiary/aromatic N) is 4. The van der Waals surface area contributed by atoms with Gasteiger partial charge in [0.15, 0.2) is 57.3 Å². The van der Waals surface area contributed by atoms with Gasteiger partial charge in [-0.15, -0.1) is 0 Å². The summed E-state index contributed by atoms with van der Waals surface area (Å²) in [5, 5.41) is 0. The molecule has 0 aromatic heterocycles. The van der Waals surface area contributed by atoms with Crippen molar-refractivity contribution in [1.82, 2.24) is 19.6 Å². The molecule has 6 aromatic rings. The van der Waals surface area contributed by atoms with Crippen LogP contribution in [-0.2, 0) is 11.3 Å². The number of rotatable bonds is 42. The molecule has 18 heteroatoms. The highest BCUT2D eigenvalue weighted by atomic mass is 16.5. The summed E-state index contributed by atoms with van der Waals surface area (Å²) in [6.45, 7) is 3.17. The highest BCUT2D eigenvalue weighted by molar-refractivity contribution is 5.90. The van der Waals surface area contributed by atoms with Crippen LogP contribution >= 0.6 is 0 Å². The number of hydrogen-bond acceptors (Lipinski definition) is 14. The van der Waals surface area contributed by atoms with E-state index in [9.17, 15) is 19.2 Å². The third-order valence-corrected chi connectivity index (χ3v) is 16.8. The minimum absolute atomic E-state index is 0.142. The van der Waals surface area contributed by atoms with E-state index >= 15 is 9.59 Å². The van der Waals surface area contributed by atoms with Crippen LogP contribution in [0.15, 0.2) is 133 Å². The van der Waals surface area contributed by atoms with Crippen molar-refractivity contribution in [2.75, 3.05) is 81.0 Å². The molecule has 2 heterocycles. The number of methoxy groups -OCH3 is 4. The summed E-state index contributed by atoms with van der Waals surface area (Å²) in [4.78, 5) is 86.6. The molecule has 0 bridgehead atoms. The topological polar surface area (TPSA) is 189 Å². The number of ether oxygens (including phenoxy) is 8. The first-order valence-electron chi connectivity index (χ1n) is 31.5. The van der Waals surface area contributed by atoms with Crippen LogP contribution in [0.25, 0.3) is 0 Å². The molecule has 6 aromatic carbocycles. The van der Waals surface area contributed by atoms with Crippen molar-refractivity contribution in [2.24, 2.45) is 0 Å². The number of carbonyl (C=O) groups is 6. The van der Waals surface area contributed by atoms with Crippen LogP contribution in [0.4, 0.5) is 9.59 Å². The first kappa shape index (κ1) is 66.9. The van der Waals surface area contributed by atoms with Crippen LogP contribution in [0.5, 0.6) is 46.0 Å². The van der Waals surface area contributed by atoms with E-state index in [0.29, 0.717) is 147 Å². The zero-order chi connectivity index (χ0) is 63.6. The molecule has 0 N–H and O–H groups in total. The molecule has 4 amide bonds. The summed E-state index contributed by atoms with van der Waals surface area (Å²) in [5.74, 6) is 4.20. The van der Waals surface area contributed by atoms with Crippen molar-refractivity contribution >= 4 is 37.2 Å². The van der Waals surface area contributed by atoms with Crippen LogP contribution in [0.3, 0.4) is 0 Å². The van der Waals surface area contributed by atoms with Gasteiger partial charge in [-0.25, -0.2) is 9.59 Å². The molecule has 2 saturated heterocycles. The first-order chi connectivity index (χ1) is 44.2. The Morgan fingerprint density at radius 2 is 0.533 bits per heavy atom. The normalized spacial score (nSPS) is 16.0. The van der Waals surface area contributed by atoms with Gasteiger partial charge < -0.3 is 37.9 Å². The lowest BCUT2D eigenvalue weighted by Crippen LogP contribution is -2.64. The van der Waals surface area contributed by atoms with Crippen LogP contribution in [0.2, 0.25) is 0 Å². The summed E-state index contributed by atoms with van der Waals surface area (Å²) in [7, 11) is 6.19. The van der Waals surface area contributed by atoms with Crippen molar-refractivity contribution in [1.29, 1.82) is 0 Å². The lowest BCUT2D eigenvalue weighted by molar-refractivity contribution is -0.0772. The second kappa shape index (κ2) is 34.1. The lowest BCUT2D eigenvalue weighted by atomic mass is 9.79. The number of unbranched alkanes of at least 4 members (excludes halogenated alkanes) is 12. The maximum absolute atomic E-state index is 16.3. The molecule has 0 aliphatic carbocycles. The molecule has 2 fully saturated rings. The van der Waals surface area contributed by atoms with Crippen LogP contribution in [0, 0.1) is 0 Å². The molecule has 2 aliphatic rings. The van der Waals surface area contributed by atoms with E-state index in [4.69, 9.17) is 37.9 Å². The number of aldehydes is 4. The fourth-order valence-electron chi connectivity index (χ4n) is 12.4. The highest BCUT2D eigenvalue weighted by Gasteiger charge is 2.79.